The van der Waals surface area contributed by atoms with Gasteiger partial charge in [-0.05, 0) is 42.3 Å². The summed E-state index contributed by atoms with van der Waals surface area (Å²) in [7, 11) is 4.64. The molecule has 0 spiro atoms. The zero-order valence-electron chi connectivity index (χ0n) is 15.1. The molecule has 0 aliphatic carbocycles. The number of methoxy groups -OCH3 is 3. The van der Waals surface area contributed by atoms with Crippen LogP contribution in [-0.4, -0.2) is 27.2 Å². The molecule has 140 valence electrons. The van der Waals surface area contributed by atoms with Crippen LogP contribution in [0.25, 0.3) is 0 Å². The minimum Gasteiger partial charge on any atom is -0.493 e. The van der Waals surface area contributed by atoms with Gasteiger partial charge in [0.05, 0.1) is 43.8 Å². The van der Waals surface area contributed by atoms with E-state index in [1.54, 1.807) is 39.5 Å². The first kappa shape index (κ1) is 20.2. The Hall–Kier alpha value is -2.11. The van der Waals surface area contributed by atoms with E-state index in [4.69, 9.17) is 37.4 Å². The molecule has 0 fully saturated rings. The molecule has 2 aromatic rings. The van der Waals surface area contributed by atoms with E-state index in [9.17, 15) is 4.79 Å². The van der Waals surface area contributed by atoms with Gasteiger partial charge in [-0.2, -0.15) is 0 Å². The number of benzene rings is 2. The molecule has 1 unspecified atom stereocenters. The fraction of sp³-hybridized carbons (Fsp3) is 0.316. The van der Waals surface area contributed by atoms with Crippen LogP contribution >= 0.6 is 23.2 Å². The standard InChI is InChI=1S/C19H21Cl2NO4/c1-11(13-9-16(24-2)19(26-4)17(10-13)25-3)22-18(23)8-12-5-6-14(20)15(21)7-12/h5-7,9-11H,8H2,1-4H3,(H,22,23). The van der Waals surface area contributed by atoms with Gasteiger partial charge in [0.25, 0.3) is 0 Å². The maximum atomic E-state index is 12.4. The first-order valence-electron chi connectivity index (χ1n) is 7.92. The molecule has 1 atom stereocenters. The fourth-order valence-electron chi connectivity index (χ4n) is 2.56. The van der Waals surface area contributed by atoms with Gasteiger partial charge in [0.15, 0.2) is 11.5 Å². The molecule has 0 aromatic heterocycles. The summed E-state index contributed by atoms with van der Waals surface area (Å²) < 4.78 is 16.0. The Morgan fingerprint density at radius 3 is 2.12 bits per heavy atom. The van der Waals surface area contributed by atoms with E-state index in [1.165, 1.54) is 0 Å². The summed E-state index contributed by atoms with van der Waals surface area (Å²) in [4.78, 5) is 12.4. The number of carbonyl (C=O) groups is 1. The van der Waals surface area contributed by atoms with Crippen molar-refractivity contribution in [2.45, 2.75) is 19.4 Å². The van der Waals surface area contributed by atoms with Crippen LogP contribution < -0.4 is 19.5 Å². The molecular weight excluding hydrogens is 377 g/mol. The molecule has 26 heavy (non-hydrogen) atoms. The molecule has 0 saturated carbocycles. The summed E-state index contributed by atoms with van der Waals surface area (Å²) in [5, 5.41) is 3.84. The average molecular weight is 398 g/mol. The summed E-state index contributed by atoms with van der Waals surface area (Å²) in [6.45, 7) is 1.88. The second kappa shape index (κ2) is 9.01. The molecule has 0 aliphatic heterocycles. The van der Waals surface area contributed by atoms with Crippen molar-refractivity contribution in [2.75, 3.05) is 21.3 Å². The molecule has 1 amide bonds. The minimum absolute atomic E-state index is 0.135. The highest BCUT2D eigenvalue weighted by Gasteiger charge is 2.18. The lowest BCUT2D eigenvalue weighted by molar-refractivity contribution is -0.121. The highest BCUT2D eigenvalue weighted by molar-refractivity contribution is 6.42. The second-order valence-corrected chi connectivity index (χ2v) is 6.49. The number of hydrogen-bond donors (Lipinski definition) is 1. The molecule has 7 heteroatoms. The fourth-order valence-corrected chi connectivity index (χ4v) is 2.88. The van der Waals surface area contributed by atoms with Gasteiger partial charge in [0, 0.05) is 0 Å². The largest absolute Gasteiger partial charge is 0.493 e. The maximum Gasteiger partial charge on any atom is 0.224 e. The predicted molar refractivity (Wildman–Crippen MR) is 103 cm³/mol. The number of nitrogens with one attached hydrogen (secondary N) is 1. The topological polar surface area (TPSA) is 56.8 Å². The van der Waals surface area contributed by atoms with Crippen molar-refractivity contribution in [3.8, 4) is 17.2 Å². The zero-order valence-corrected chi connectivity index (χ0v) is 16.6. The zero-order chi connectivity index (χ0) is 19.3. The molecule has 0 radical (unpaired) electrons. The normalized spacial score (nSPS) is 11.6. The Kier molecular flexibility index (Phi) is 7.00. The van der Waals surface area contributed by atoms with E-state index in [-0.39, 0.29) is 18.4 Å². The van der Waals surface area contributed by atoms with Crippen LogP contribution in [-0.2, 0) is 11.2 Å². The van der Waals surface area contributed by atoms with Crippen LogP contribution in [0.4, 0.5) is 0 Å². The molecule has 0 heterocycles. The number of halogens is 2. The van der Waals surface area contributed by atoms with Crippen LogP contribution in [0.15, 0.2) is 30.3 Å². The number of ether oxygens (including phenoxy) is 3. The van der Waals surface area contributed by atoms with Crippen LogP contribution in [0.3, 0.4) is 0 Å². The van der Waals surface area contributed by atoms with E-state index >= 15 is 0 Å². The average Bonchev–Trinajstić information content (AvgIpc) is 2.63. The van der Waals surface area contributed by atoms with E-state index in [0.29, 0.717) is 27.3 Å². The van der Waals surface area contributed by atoms with E-state index < -0.39 is 0 Å². The van der Waals surface area contributed by atoms with Gasteiger partial charge in [0.2, 0.25) is 11.7 Å². The summed E-state index contributed by atoms with van der Waals surface area (Å²) in [5.41, 5.74) is 1.62. The molecular formula is C19H21Cl2NO4. The van der Waals surface area contributed by atoms with Gasteiger partial charge in [-0.1, -0.05) is 29.3 Å². The Balaban J connectivity index is 2.14. The van der Waals surface area contributed by atoms with Gasteiger partial charge in [-0.25, -0.2) is 0 Å². The Morgan fingerprint density at radius 1 is 1.00 bits per heavy atom. The van der Waals surface area contributed by atoms with Gasteiger partial charge < -0.3 is 19.5 Å². The molecule has 1 N–H and O–H groups in total. The first-order valence-corrected chi connectivity index (χ1v) is 8.68. The van der Waals surface area contributed by atoms with Crippen molar-refractivity contribution in [1.82, 2.24) is 5.32 Å². The summed E-state index contributed by atoms with van der Waals surface area (Å²) in [6.07, 6.45) is 0.200. The van der Waals surface area contributed by atoms with Crippen molar-refractivity contribution in [3.63, 3.8) is 0 Å². The Labute approximate surface area is 163 Å². The van der Waals surface area contributed by atoms with Crippen molar-refractivity contribution in [1.29, 1.82) is 0 Å². The van der Waals surface area contributed by atoms with Crippen LogP contribution in [0.1, 0.15) is 24.1 Å². The van der Waals surface area contributed by atoms with Crippen molar-refractivity contribution in [2.24, 2.45) is 0 Å². The number of amides is 1. The first-order chi connectivity index (χ1) is 12.4. The third-order valence-electron chi connectivity index (χ3n) is 3.91. The smallest absolute Gasteiger partial charge is 0.224 e. The second-order valence-electron chi connectivity index (χ2n) is 5.67. The van der Waals surface area contributed by atoms with Crippen molar-refractivity contribution >= 4 is 29.1 Å². The lowest BCUT2D eigenvalue weighted by Gasteiger charge is -2.19. The molecule has 0 aliphatic rings. The molecule has 0 bridgehead atoms. The lowest BCUT2D eigenvalue weighted by Crippen LogP contribution is -2.28. The van der Waals surface area contributed by atoms with Crippen LogP contribution in [0.2, 0.25) is 10.0 Å². The third-order valence-corrected chi connectivity index (χ3v) is 4.65. The molecule has 2 aromatic carbocycles. The quantitative estimate of drug-likeness (QED) is 0.749. The predicted octanol–water partition coefficient (Wildman–Crippen LogP) is 4.44. The Morgan fingerprint density at radius 2 is 1.62 bits per heavy atom. The third kappa shape index (κ3) is 4.74. The van der Waals surface area contributed by atoms with Gasteiger partial charge >= 0.3 is 0 Å². The van der Waals surface area contributed by atoms with Crippen LogP contribution in [0.5, 0.6) is 17.2 Å². The number of hydrogen-bond acceptors (Lipinski definition) is 4. The molecule has 0 saturated heterocycles. The summed E-state index contributed by atoms with van der Waals surface area (Å²) >= 11 is 11.9. The number of rotatable bonds is 7. The van der Waals surface area contributed by atoms with Crippen LogP contribution in [0, 0.1) is 0 Å². The highest BCUT2D eigenvalue weighted by Crippen LogP contribution is 2.39. The summed E-state index contributed by atoms with van der Waals surface area (Å²) in [5.74, 6) is 1.44. The number of carbonyl (C=O) groups excluding carboxylic acids is 1. The highest BCUT2D eigenvalue weighted by atomic mass is 35.5. The van der Waals surface area contributed by atoms with Gasteiger partial charge in [-0.3, -0.25) is 4.79 Å². The monoisotopic (exact) mass is 397 g/mol. The maximum absolute atomic E-state index is 12.4. The SMILES string of the molecule is COc1cc(C(C)NC(=O)Cc2ccc(Cl)c(Cl)c2)cc(OC)c1OC. The van der Waals surface area contributed by atoms with Gasteiger partial charge in [0.1, 0.15) is 0 Å². The Bertz CT molecular complexity index is 770. The van der Waals surface area contributed by atoms with Crippen molar-refractivity contribution in [3.05, 3.63) is 51.5 Å². The lowest BCUT2D eigenvalue weighted by atomic mass is 10.1. The van der Waals surface area contributed by atoms with E-state index in [0.717, 1.165) is 11.1 Å². The molecule has 2 rings (SSSR count). The minimum atomic E-state index is -0.251. The summed E-state index contributed by atoms with van der Waals surface area (Å²) in [6, 6.07) is 8.51. The van der Waals surface area contributed by atoms with Gasteiger partial charge in [-0.15, -0.1) is 0 Å². The molecule has 5 nitrogen and oxygen atoms in total. The van der Waals surface area contributed by atoms with Crippen molar-refractivity contribution < 1.29 is 19.0 Å². The van der Waals surface area contributed by atoms with E-state index in [2.05, 4.69) is 5.32 Å². The van der Waals surface area contributed by atoms with E-state index in [1.807, 2.05) is 19.1 Å².